The van der Waals surface area contributed by atoms with Gasteiger partial charge in [-0.15, -0.1) is 0 Å². The lowest BCUT2D eigenvalue weighted by atomic mass is 10.1. The van der Waals surface area contributed by atoms with Crippen LogP contribution >= 0.6 is 23.2 Å². The van der Waals surface area contributed by atoms with Gasteiger partial charge in [-0.05, 0) is 107 Å². The van der Waals surface area contributed by atoms with Crippen LogP contribution in [-0.4, -0.2) is 29.0 Å². The van der Waals surface area contributed by atoms with Gasteiger partial charge in [0.25, 0.3) is 0 Å². The van der Waals surface area contributed by atoms with E-state index < -0.39 is 0 Å². The van der Waals surface area contributed by atoms with E-state index in [1.54, 1.807) is 0 Å². The normalized spacial score (nSPS) is 11.1. The van der Waals surface area contributed by atoms with Crippen molar-refractivity contribution in [2.75, 3.05) is 0 Å². The van der Waals surface area contributed by atoms with Crippen LogP contribution in [-0.2, 0) is 13.2 Å². The van der Waals surface area contributed by atoms with E-state index in [1.807, 2.05) is 137 Å². The summed E-state index contributed by atoms with van der Waals surface area (Å²) >= 11 is 12.2. The second-order valence-electron chi connectivity index (χ2n) is 11.8. The lowest BCUT2D eigenvalue weighted by molar-refractivity contribution is 0.281. The number of pyridine rings is 2. The first-order valence-corrected chi connectivity index (χ1v) is 16.5. The largest absolute Gasteiger partial charge is 0.392 e. The maximum absolute atomic E-state index is 9.33. The average molecular weight is 684 g/mol. The van der Waals surface area contributed by atoms with E-state index in [9.17, 15) is 10.2 Å². The second-order valence-corrected chi connectivity index (χ2v) is 12.7. The summed E-state index contributed by atoms with van der Waals surface area (Å²) in [6.45, 7) is 2.08. The molecule has 0 spiro atoms. The molecule has 6 nitrogen and oxygen atoms in total. The van der Waals surface area contributed by atoms with Gasteiger partial charge in [0.15, 0.2) is 0 Å². The number of aliphatic hydroxyl groups is 2. The number of aliphatic hydroxyl groups excluding tert-OH is 2. The van der Waals surface area contributed by atoms with Gasteiger partial charge in [-0.3, -0.25) is 0 Å². The average Bonchev–Trinajstić information content (AvgIpc) is 3.77. The fraction of sp³-hybridized carbons (Fsp3) is 0.0732. The second kappa shape index (κ2) is 14.1. The van der Waals surface area contributed by atoms with Crippen LogP contribution in [0.15, 0.2) is 140 Å². The van der Waals surface area contributed by atoms with Crippen LogP contribution < -0.4 is 0 Å². The van der Waals surface area contributed by atoms with E-state index in [2.05, 4.69) is 23.3 Å². The van der Waals surface area contributed by atoms with Crippen molar-refractivity contribution in [3.8, 4) is 44.8 Å². The van der Waals surface area contributed by atoms with Crippen LogP contribution in [0.3, 0.4) is 0 Å². The highest BCUT2D eigenvalue weighted by Crippen LogP contribution is 2.28. The van der Waals surface area contributed by atoms with Crippen molar-refractivity contribution in [3.05, 3.63) is 167 Å². The first-order valence-electron chi connectivity index (χ1n) is 15.8. The Hall–Kier alpha value is -5.24. The quantitative estimate of drug-likeness (QED) is 0.183. The summed E-state index contributed by atoms with van der Waals surface area (Å²) in [6, 6.07) is 37.6. The number of aryl methyl sites for hydroxylation is 1. The summed E-state index contributed by atoms with van der Waals surface area (Å²) in [5.74, 6) is 0. The summed E-state index contributed by atoms with van der Waals surface area (Å²) in [5.41, 5.74) is 12.8. The first-order chi connectivity index (χ1) is 23.9. The number of halogens is 2. The molecule has 0 unspecified atom stereocenters. The minimum absolute atomic E-state index is 0.0417. The Kier molecular flexibility index (Phi) is 9.29. The first kappa shape index (κ1) is 32.3. The van der Waals surface area contributed by atoms with Gasteiger partial charge in [-0.2, -0.15) is 0 Å². The molecule has 8 aromatic rings. The molecular weight excluding hydrogens is 651 g/mol. The molecule has 0 fully saturated rings. The Morgan fingerprint density at radius 1 is 0.510 bits per heavy atom. The molecule has 2 N–H and O–H groups in total. The standard InChI is InChI=1S/C21H17ClN2O.C20H15ClN2O/c1-14-9-17(5-7-19(14)22)20-12-24-11-18(6-8-21(24)23-20)16-4-2-3-15(10-16)13-25;21-18-6-2-5-16(10-18)19-12-23-11-17(7-8-20(23)22-19)15-4-1-3-14(9-15)13-24/h2-12,25H,13H2,1H3;1-12,24H,13H2. The summed E-state index contributed by atoms with van der Waals surface area (Å²) in [6.07, 6.45) is 8.13. The number of rotatable bonds is 6. The van der Waals surface area contributed by atoms with Crippen molar-refractivity contribution in [2.24, 2.45) is 0 Å². The Bertz CT molecular complexity index is 2430. The van der Waals surface area contributed by atoms with Crippen molar-refractivity contribution in [3.63, 3.8) is 0 Å². The topological polar surface area (TPSA) is 75.1 Å². The van der Waals surface area contributed by atoms with Crippen molar-refractivity contribution in [2.45, 2.75) is 20.1 Å². The van der Waals surface area contributed by atoms with Gasteiger partial charge in [0.05, 0.1) is 24.6 Å². The zero-order valence-electron chi connectivity index (χ0n) is 26.6. The van der Waals surface area contributed by atoms with Gasteiger partial charge >= 0.3 is 0 Å². The molecule has 0 aliphatic heterocycles. The van der Waals surface area contributed by atoms with Gasteiger partial charge < -0.3 is 19.0 Å². The predicted molar refractivity (Wildman–Crippen MR) is 199 cm³/mol. The summed E-state index contributed by atoms with van der Waals surface area (Å²) < 4.78 is 4.04. The number of benzene rings is 4. The van der Waals surface area contributed by atoms with Crippen LogP contribution in [0.25, 0.3) is 56.1 Å². The Morgan fingerprint density at radius 3 is 1.51 bits per heavy atom. The van der Waals surface area contributed by atoms with Gasteiger partial charge in [-0.1, -0.05) is 77.8 Å². The summed E-state index contributed by atoms with van der Waals surface area (Å²) in [4.78, 5) is 9.36. The fourth-order valence-corrected chi connectivity index (χ4v) is 6.06. The lowest BCUT2D eigenvalue weighted by Crippen LogP contribution is -1.87. The third-order valence-electron chi connectivity index (χ3n) is 8.36. The fourth-order valence-electron chi connectivity index (χ4n) is 5.75. The van der Waals surface area contributed by atoms with Crippen LogP contribution in [0.2, 0.25) is 10.0 Å². The molecule has 8 rings (SSSR count). The number of nitrogens with zero attached hydrogens (tertiary/aromatic N) is 4. The molecule has 49 heavy (non-hydrogen) atoms. The maximum Gasteiger partial charge on any atom is 0.137 e. The van der Waals surface area contributed by atoms with E-state index in [-0.39, 0.29) is 13.2 Å². The molecule has 4 heterocycles. The highest BCUT2D eigenvalue weighted by Gasteiger charge is 2.09. The van der Waals surface area contributed by atoms with Crippen molar-refractivity contribution < 1.29 is 10.2 Å². The maximum atomic E-state index is 9.33. The molecular formula is C41H32Cl2N4O2. The zero-order chi connectivity index (χ0) is 33.9. The highest BCUT2D eigenvalue weighted by molar-refractivity contribution is 6.31. The van der Waals surface area contributed by atoms with Gasteiger partial charge in [-0.25, -0.2) is 9.97 Å². The van der Waals surface area contributed by atoms with Crippen molar-refractivity contribution >= 4 is 34.5 Å². The minimum Gasteiger partial charge on any atom is -0.392 e. The van der Waals surface area contributed by atoms with Crippen LogP contribution in [0.5, 0.6) is 0 Å². The van der Waals surface area contributed by atoms with Gasteiger partial charge in [0, 0.05) is 46.0 Å². The number of hydrogen-bond acceptors (Lipinski definition) is 4. The number of imidazole rings is 2. The lowest BCUT2D eigenvalue weighted by Gasteiger charge is -2.04. The Balaban J connectivity index is 0.000000154. The van der Waals surface area contributed by atoms with Crippen molar-refractivity contribution in [1.29, 1.82) is 0 Å². The highest BCUT2D eigenvalue weighted by atomic mass is 35.5. The molecule has 0 bridgehead atoms. The summed E-state index contributed by atoms with van der Waals surface area (Å²) in [7, 11) is 0. The van der Waals surface area contributed by atoms with Crippen LogP contribution in [0, 0.1) is 6.92 Å². The monoisotopic (exact) mass is 682 g/mol. The molecule has 0 amide bonds. The van der Waals surface area contributed by atoms with E-state index in [0.717, 1.165) is 77.8 Å². The summed E-state index contributed by atoms with van der Waals surface area (Å²) in [5, 5.41) is 20.1. The molecule has 0 atom stereocenters. The minimum atomic E-state index is 0.0417. The molecule has 0 saturated carbocycles. The molecule has 0 aliphatic carbocycles. The molecule has 0 aliphatic rings. The van der Waals surface area contributed by atoms with Gasteiger partial charge in [0.2, 0.25) is 0 Å². The number of aromatic nitrogens is 4. The molecule has 0 radical (unpaired) electrons. The number of fused-ring (bicyclic) bond motifs is 2. The van der Waals surface area contributed by atoms with Gasteiger partial charge in [0.1, 0.15) is 11.3 Å². The van der Waals surface area contributed by atoms with Crippen LogP contribution in [0.4, 0.5) is 0 Å². The molecule has 4 aromatic carbocycles. The van der Waals surface area contributed by atoms with Crippen LogP contribution in [0.1, 0.15) is 16.7 Å². The van der Waals surface area contributed by atoms with Crippen molar-refractivity contribution in [1.82, 2.24) is 18.8 Å². The Morgan fingerprint density at radius 2 is 1.00 bits per heavy atom. The smallest absolute Gasteiger partial charge is 0.137 e. The van der Waals surface area contributed by atoms with E-state index >= 15 is 0 Å². The van der Waals surface area contributed by atoms with E-state index in [4.69, 9.17) is 28.2 Å². The molecule has 4 aromatic heterocycles. The SMILES string of the molecule is Cc1cc(-c2cn3cc(-c4cccc(CO)c4)ccc3n2)ccc1Cl.OCc1cccc(-c2ccc3nc(-c4cccc(Cl)c4)cn3c2)c1. The molecule has 0 saturated heterocycles. The molecule has 8 heteroatoms. The van der Waals surface area contributed by atoms with E-state index in [0.29, 0.717) is 5.02 Å². The third-order valence-corrected chi connectivity index (χ3v) is 9.02. The van der Waals surface area contributed by atoms with E-state index in [1.165, 1.54) is 0 Å². The number of hydrogen-bond donors (Lipinski definition) is 2. The predicted octanol–water partition coefficient (Wildman–Crippen LogP) is 9.94. The molecule has 242 valence electrons. The third kappa shape index (κ3) is 7.14. The Labute approximate surface area is 294 Å². The zero-order valence-corrected chi connectivity index (χ0v) is 28.1.